The van der Waals surface area contributed by atoms with Crippen LogP contribution in [0.25, 0.3) is 0 Å². The molecule has 0 bridgehead atoms. The first-order valence-corrected chi connectivity index (χ1v) is 5.32. The second kappa shape index (κ2) is 5.73. The highest BCUT2D eigenvalue weighted by atomic mass is 16.6. The van der Waals surface area contributed by atoms with Crippen molar-refractivity contribution in [3.8, 4) is 6.07 Å². The number of benzene rings is 1. The molecule has 1 amide bonds. The van der Waals surface area contributed by atoms with Crippen LogP contribution in [-0.4, -0.2) is 16.6 Å². The number of rotatable bonds is 4. The Hall–Kier alpha value is -2.75. The van der Waals surface area contributed by atoms with Crippen LogP contribution in [0, 0.1) is 34.3 Å². The van der Waals surface area contributed by atoms with Crippen molar-refractivity contribution in [3.63, 3.8) is 0 Å². The molecule has 1 N–H and O–H groups in total. The van der Waals surface area contributed by atoms with E-state index in [4.69, 9.17) is 5.26 Å². The Morgan fingerprint density at radius 1 is 1.47 bits per heavy atom. The van der Waals surface area contributed by atoms with Crippen molar-refractivity contribution in [2.24, 2.45) is 5.92 Å². The molecule has 0 aliphatic heterocycles. The van der Waals surface area contributed by atoms with Gasteiger partial charge in [0.25, 0.3) is 5.69 Å². The van der Waals surface area contributed by atoms with Crippen molar-refractivity contribution < 1.29 is 14.5 Å². The fourth-order valence-electron chi connectivity index (χ4n) is 1.49. The van der Waals surface area contributed by atoms with Crippen molar-refractivity contribution in [3.05, 3.63) is 33.9 Å². The van der Waals surface area contributed by atoms with Crippen LogP contribution >= 0.6 is 0 Å². The Morgan fingerprint density at radius 2 is 2.11 bits per heavy atom. The molecule has 1 aromatic carbocycles. The highest BCUT2D eigenvalue weighted by molar-refractivity contribution is 6.08. The van der Waals surface area contributed by atoms with Gasteiger partial charge in [-0.2, -0.15) is 5.26 Å². The van der Waals surface area contributed by atoms with E-state index in [0.29, 0.717) is 11.3 Å². The van der Waals surface area contributed by atoms with Crippen LogP contribution < -0.4 is 5.32 Å². The number of aryl methyl sites for hydroxylation is 1. The van der Waals surface area contributed by atoms with Gasteiger partial charge in [0.05, 0.1) is 11.0 Å². The third-order valence-corrected chi connectivity index (χ3v) is 2.46. The standard InChI is InChI=1S/C12H11N3O4/c1-7-5-9(3-4-11(7)15(18)19)14-12(17)10(6-13)8(2)16/h3-5,10H,1-2H3,(H,14,17). The van der Waals surface area contributed by atoms with E-state index in [0.717, 1.165) is 6.92 Å². The summed E-state index contributed by atoms with van der Waals surface area (Å²) in [6.45, 7) is 2.68. The van der Waals surface area contributed by atoms with E-state index in [9.17, 15) is 19.7 Å². The molecule has 1 atom stereocenters. The number of nitro benzene ring substituents is 1. The van der Waals surface area contributed by atoms with E-state index >= 15 is 0 Å². The predicted molar refractivity (Wildman–Crippen MR) is 66.2 cm³/mol. The summed E-state index contributed by atoms with van der Waals surface area (Å²) in [6.07, 6.45) is 0. The molecular weight excluding hydrogens is 250 g/mol. The number of carbonyl (C=O) groups is 2. The summed E-state index contributed by atoms with van der Waals surface area (Å²) in [7, 11) is 0. The maximum absolute atomic E-state index is 11.6. The van der Waals surface area contributed by atoms with E-state index in [-0.39, 0.29) is 5.69 Å². The number of amides is 1. The maximum atomic E-state index is 11.6. The number of nitrogens with one attached hydrogen (secondary N) is 1. The molecule has 0 radical (unpaired) electrons. The van der Waals surface area contributed by atoms with Crippen LogP contribution in [0.4, 0.5) is 11.4 Å². The van der Waals surface area contributed by atoms with Crippen LogP contribution in [0.2, 0.25) is 0 Å². The summed E-state index contributed by atoms with van der Waals surface area (Å²) in [5.41, 5.74) is 0.607. The molecule has 19 heavy (non-hydrogen) atoms. The van der Waals surface area contributed by atoms with Gasteiger partial charge in [-0.25, -0.2) is 0 Å². The number of nitro groups is 1. The SMILES string of the molecule is CC(=O)C(C#N)C(=O)Nc1ccc([N+](=O)[O-])c(C)c1. The van der Waals surface area contributed by atoms with Gasteiger partial charge in [-0.15, -0.1) is 0 Å². The second-order valence-corrected chi connectivity index (χ2v) is 3.92. The molecule has 98 valence electrons. The molecule has 1 unspecified atom stereocenters. The minimum Gasteiger partial charge on any atom is -0.325 e. The largest absolute Gasteiger partial charge is 0.325 e. The number of hydrogen-bond acceptors (Lipinski definition) is 5. The van der Waals surface area contributed by atoms with Gasteiger partial charge >= 0.3 is 0 Å². The lowest BCUT2D eigenvalue weighted by atomic mass is 10.1. The molecule has 0 fully saturated rings. The predicted octanol–water partition coefficient (Wildman–Crippen LogP) is 1.57. The number of ketones is 1. The van der Waals surface area contributed by atoms with Crippen LogP contribution in [0.1, 0.15) is 12.5 Å². The lowest BCUT2D eigenvalue weighted by molar-refractivity contribution is -0.385. The van der Waals surface area contributed by atoms with Gasteiger partial charge in [0.1, 0.15) is 0 Å². The van der Waals surface area contributed by atoms with Crippen molar-refractivity contribution in [1.29, 1.82) is 5.26 Å². The summed E-state index contributed by atoms with van der Waals surface area (Å²) >= 11 is 0. The number of Topliss-reactive ketones (excluding diaryl/α,β-unsaturated/α-hetero) is 1. The Morgan fingerprint density at radius 3 is 2.53 bits per heavy atom. The Balaban J connectivity index is 2.93. The topological polar surface area (TPSA) is 113 Å². The van der Waals surface area contributed by atoms with Gasteiger partial charge in [0, 0.05) is 17.3 Å². The van der Waals surface area contributed by atoms with Gasteiger partial charge in [-0.3, -0.25) is 19.7 Å². The zero-order valence-corrected chi connectivity index (χ0v) is 10.3. The van der Waals surface area contributed by atoms with E-state index in [1.165, 1.54) is 25.1 Å². The molecule has 1 aromatic rings. The first-order chi connectivity index (χ1) is 8.86. The van der Waals surface area contributed by atoms with Gasteiger partial charge < -0.3 is 5.32 Å². The molecule has 0 aromatic heterocycles. The highest BCUT2D eigenvalue weighted by Crippen LogP contribution is 2.21. The number of nitrogens with zero attached hydrogens (tertiary/aromatic N) is 2. The highest BCUT2D eigenvalue weighted by Gasteiger charge is 2.23. The normalized spacial score (nSPS) is 11.2. The Labute approximate surface area is 109 Å². The number of carbonyl (C=O) groups excluding carboxylic acids is 2. The monoisotopic (exact) mass is 261 g/mol. The van der Waals surface area contributed by atoms with Crippen molar-refractivity contribution >= 4 is 23.1 Å². The lowest BCUT2D eigenvalue weighted by Gasteiger charge is -2.08. The molecule has 7 nitrogen and oxygen atoms in total. The summed E-state index contributed by atoms with van der Waals surface area (Å²) in [4.78, 5) is 32.8. The summed E-state index contributed by atoms with van der Waals surface area (Å²) in [5.74, 6) is -2.68. The zero-order chi connectivity index (χ0) is 14.6. The molecular formula is C12H11N3O4. The third-order valence-electron chi connectivity index (χ3n) is 2.46. The van der Waals surface area contributed by atoms with Crippen LogP contribution in [0.5, 0.6) is 0 Å². The molecule has 0 aliphatic carbocycles. The van der Waals surface area contributed by atoms with Gasteiger partial charge in [0.2, 0.25) is 5.91 Å². The van der Waals surface area contributed by atoms with Crippen LogP contribution in [-0.2, 0) is 9.59 Å². The third kappa shape index (κ3) is 3.35. The molecule has 0 heterocycles. The van der Waals surface area contributed by atoms with E-state index in [2.05, 4.69) is 5.32 Å². The smallest absolute Gasteiger partial charge is 0.272 e. The molecule has 0 saturated carbocycles. The van der Waals surface area contributed by atoms with Crippen LogP contribution in [0.3, 0.4) is 0 Å². The maximum Gasteiger partial charge on any atom is 0.272 e. The second-order valence-electron chi connectivity index (χ2n) is 3.92. The first-order valence-electron chi connectivity index (χ1n) is 5.32. The summed E-state index contributed by atoms with van der Waals surface area (Å²) < 4.78 is 0. The molecule has 7 heteroatoms. The lowest BCUT2D eigenvalue weighted by Crippen LogP contribution is -2.26. The minimum atomic E-state index is -1.38. The molecule has 1 rings (SSSR count). The summed E-state index contributed by atoms with van der Waals surface area (Å²) in [6, 6.07) is 5.60. The number of hydrogen-bond donors (Lipinski definition) is 1. The minimum absolute atomic E-state index is 0.0681. The average molecular weight is 261 g/mol. The van der Waals surface area contributed by atoms with Crippen molar-refractivity contribution in [1.82, 2.24) is 0 Å². The Kier molecular flexibility index (Phi) is 4.32. The first kappa shape index (κ1) is 14.3. The average Bonchev–Trinajstić information content (AvgIpc) is 2.28. The van der Waals surface area contributed by atoms with Gasteiger partial charge in [-0.1, -0.05) is 0 Å². The number of anilines is 1. The fraction of sp³-hybridized carbons (Fsp3) is 0.250. The summed E-state index contributed by atoms with van der Waals surface area (Å²) in [5, 5.41) is 21.7. The molecule has 0 aliphatic rings. The van der Waals surface area contributed by atoms with Gasteiger partial charge in [0.15, 0.2) is 11.7 Å². The Bertz CT molecular complexity index is 589. The number of nitriles is 1. The molecule has 0 spiro atoms. The van der Waals surface area contributed by atoms with Crippen LogP contribution in [0.15, 0.2) is 18.2 Å². The van der Waals surface area contributed by atoms with Crippen molar-refractivity contribution in [2.75, 3.05) is 5.32 Å². The van der Waals surface area contributed by atoms with E-state index < -0.39 is 22.5 Å². The fourth-order valence-corrected chi connectivity index (χ4v) is 1.49. The van der Waals surface area contributed by atoms with Gasteiger partial charge in [-0.05, 0) is 26.0 Å². The van der Waals surface area contributed by atoms with E-state index in [1.807, 2.05) is 0 Å². The zero-order valence-electron chi connectivity index (χ0n) is 10.3. The molecule has 0 saturated heterocycles. The quantitative estimate of drug-likeness (QED) is 0.502. The van der Waals surface area contributed by atoms with Crippen molar-refractivity contribution in [2.45, 2.75) is 13.8 Å². The van der Waals surface area contributed by atoms with E-state index in [1.54, 1.807) is 6.07 Å².